The van der Waals surface area contributed by atoms with Gasteiger partial charge in [0.05, 0.1) is 15.2 Å². The lowest BCUT2D eigenvalue weighted by atomic mass is 10.2. The Labute approximate surface area is 90.1 Å². The highest BCUT2D eigenvalue weighted by Crippen LogP contribution is 2.28. The predicted molar refractivity (Wildman–Crippen MR) is 53.5 cm³/mol. The molecule has 0 aliphatic heterocycles. The maximum absolute atomic E-state index is 13.1. The van der Waals surface area contributed by atoms with Crippen LogP contribution >= 0.6 is 31.9 Å². The van der Waals surface area contributed by atoms with Crippen LogP contribution in [0.25, 0.3) is 0 Å². The van der Waals surface area contributed by atoms with E-state index in [0.717, 1.165) is 12.3 Å². The standard InChI is InChI=1S/C7H4Br2F2N2/c8-4-1-5(10)3(2-13-12)6(9)7(4)11/h1-2H,12H2. The molecule has 13 heavy (non-hydrogen) atoms. The zero-order valence-corrected chi connectivity index (χ0v) is 9.36. The van der Waals surface area contributed by atoms with Crippen LogP contribution in [0.2, 0.25) is 0 Å². The predicted octanol–water partition coefficient (Wildman–Crippen LogP) is 2.78. The first-order valence-electron chi connectivity index (χ1n) is 3.14. The van der Waals surface area contributed by atoms with Gasteiger partial charge in [-0.15, -0.1) is 0 Å². The topological polar surface area (TPSA) is 38.4 Å². The molecular weight excluding hydrogens is 310 g/mol. The highest BCUT2D eigenvalue weighted by molar-refractivity contribution is 9.11. The van der Waals surface area contributed by atoms with Crippen LogP contribution in [0.3, 0.4) is 0 Å². The van der Waals surface area contributed by atoms with Gasteiger partial charge in [-0.3, -0.25) is 0 Å². The van der Waals surface area contributed by atoms with Crippen LogP contribution in [-0.4, -0.2) is 6.21 Å². The van der Waals surface area contributed by atoms with Crippen LogP contribution in [-0.2, 0) is 0 Å². The maximum Gasteiger partial charge on any atom is 0.152 e. The summed E-state index contributed by atoms with van der Waals surface area (Å²) in [4.78, 5) is 0. The number of halogens is 4. The Morgan fingerprint density at radius 3 is 2.54 bits per heavy atom. The third kappa shape index (κ3) is 2.05. The van der Waals surface area contributed by atoms with E-state index in [1.54, 1.807) is 0 Å². The molecule has 1 aromatic rings. The van der Waals surface area contributed by atoms with Gasteiger partial charge in [-0.05, 0) is 37.9 Å². The molecule has 0 saturated heterocycles. The molecule has 0 aliphatic rings. The SMILES string of the molecule is NN=Cc1c(F)cc(Br)c(F)c1Br. The number of hydrogen-bond acceptors (Lipinski definition) is 2. The first-order chi connectivity index (χ1) is 6.07. The molecule has 0 heterocycles. The van der Waals surface area contributed by atoms with E-state index < -0.39 is 11.6 Å². The minimum atomic E-state index is -0.602. The van der Waals surface area contributed by atoms with Crippen LogP contribution in [0.4, 0.5) is 8.78 Å². The Morgan fingerprint density at radius 2 is 2.00 bits per heavy atom. The fourth-order valence-corrected chi connectivity index (χ4v) is 1.94. The lowest BCUT2D eigenvalue weighted by molar-refractivity contribution is 0.587. The summed E-state index contributed by atoms with van der Waals surface area (Å²) in [6.45, 7) is 0. The zero-order valence-electron chi connectivity index (χ0n) is 6.19. The van der Waals surface area contributed by atoms with Crippen molar-refractivity contribution in [2.45, 2.75) is 0 Å². The number of nitrogens with zero attached hydrogens (tertiary/aromatic N) is 1. The highest BCUT2D eigenvalue weighted by Gasteiger charge is 2.13. The quantitative estimate of drug-likeness (QED) is 0.280. The molecule has 0 atom stereocenters. The molecule has 1 aromatic carbocycles. The fourth-order valence-electron chi connectivity index (χ4n) is 0.773. The molecule has 0 saturated carbocycles. The summed E-state index contributed by atoms with van der Waals surface area (Å²) >= 11 is 5.75. The van der Waals surface area contributed by atoms with E-state index in [4.69, 9.17) is 5.84 Å². The van der Waals surface area contributed by atoms with Crippen LogP contribution in [0, 0.1) is 11.6 Å². The third-order valence-electron chi connectivity index (χ3n) is 1.35. The lowest BCUT2D eigenvalue weighted by Gasteiger charge is -2.03. The Kier molecular flexibility index (Phi) is 3.38. The molecule has 0 spiro atoms. The summed E-state index contributed by atoms with van der Waals surface area (Å²) in [6.07, 6.45) is 1.04. The van der Waals surface area contributed by atoms with Gasteiger partial charge in [0.15, 0.2) is 5.82 Å². The molecule has 0 aromatic heterocycles. The van der Waals surface area contributed by atoms with E-state index in [2.05, 4.69) is 37.0 Å². The van der Waals surface area contributed by atoms with E-state index in [0.29, 0.717) is 0 Å². The van der Waals surface area contributed by atoms with E-state index in [9.17, 15) is 8.78 Å². The minimum absolute atomic E-state index is 0.00595. The molecule has 0 fully saturated rings. The van der Waals surface area contributed by atoms with E-state index in [1.165, 1.54) is 0 Å². The molecule has 1 rings (SSSR count). The molecular formula is C7H4Br2F2N2. The number of hydrogen-bond donors (Lipinski definition) is 1. The average molecular weight is 314 g/mol. The van der Waals surface area contributed by atoms with Crippen molar-refractivity contribution in [2.75, 3.05) is 0 Å². The van der Waals surface area contributed by atoms with Gasteiger partial charge in [0, 0.05) is 5.56 Å². The number of rotatable bonds is 1. The minimum Gasteiger partial charge on any atom is -0.323 e. The first-order valence-corrected chi connectivity index (χ1v) is 4.72. The number of hydrazone groups is 1. The average Bonchev–Trinajstić information content (AvgIpc) is 2.09. The van der Waals surface area contributed by atoms with Crippen molar-refractivity contribution in [1.82, 2.24) is 0 Å². The third-order valence-corrected chi connectivity index (χ3v) is 2.71. The molecule has 0 aliphatic carbocycles. The molecule has 6 heteroatoms. The molecule has 0 radical (unpaired) electrons. The van der Waals surface area contributed by atoms with Crippen molar-refractivity contribution in [3.8, 4) is 0 Å². The fraction of sp³-hybridized carbons (Fsp3) is 0. The second kappa shape index (κ2) is 4.15. The maximum atomic E-state index is 13.1. The van der Waals surface area contributed by atoms with Gasteiger partial charge in [0.2, 0.25) is 0 Å². The first kappa shape index (κ1) is 10.6. The summed E-state index contributed by atoms with van der Waals surface area (Å²) in [5.74, 6) is 3.65. The largest absolute Gasteiger partial charge is 0.323 e. The summed E-state index contributed by atoms with van der Waals surface area (Å²) in [5, 5.41) is 3.12. The number of nitrogens with two attached hydrogens (primary N) is 1. The molecule has 2 nitrogen and oxygen atoms in total. The van der Waals surface area contributed by atoms with E-state index >= 15 is 0 Å². The van der Waals surface area contributed by atoms with Gasteiger partial charge in [-0.1, -0.05) is 0 Å². The van der Waals surface area contributed by atoms with Gasteiger partial charge in [0.1, 0.15) is 5.82 Å². The van der Waals surface area contributed by atoms with E-state index in [-0.39, 0.29) is 14.5 Å². The van der Waals surface area contributed by atoms with Crippen LogP contribution in [0.5, 0.6) is 0 Å². The summed E-state index contributed by atoms with van der Waals surface area (Å²) in [6, 6.07) is 1.01. The van der Waals surface area contributed by atoms with Gasteiger partial charge in [0.25, 0.3) is 0 Å². The Bertz CT molecular complexity index is 366. The summed E-state index contributed by atoms with van der Waals surface area (Å²) < 4.78 is 26.3. The van der Waals surface area contributed by atoms with Crippen LogP contribution in [0.1, 0.15) is 5.56 Å². The monoisotopic (exact) mass is 312 g/mol. The Morgan fingerprint density at radius 1 is 1.38 bits per heavy atom. The summed E-state index contributed by atoms with van der Waals surface area (Å²) in [7, 11) is 0. The van der Waals surface area contributed by atoms with Gasteiger partial charge >= 0.3 is 0 Å². The summed E-state index contributed by atoms with van der Waals surface area (Å²) in [5.41, 5.74) is -0.0109. The van der Waals surface area contributed by atoms with Gasteiger partial charge in [-0.2, -0.15) is 5.10 Å². The molecule has 70 valence electrons. The van der Waals surface area contributed by atoms with Gasteiger partial charge < -0.3 is 5.84 Å². The van der Waals surface area contributed by atoms with Gasteiger partial charge in [-0.25, -0.2) is 8.78 Å². The van der Waals surface area contributed by atoms with Crippen molar-refractivity contribution in [3.05, 3.63) is 32.2 Å². The molecule has 0 amide bonds. The lowest BCUT2D eigenvalue weighted by Crippen LogP contribution is -1.96. The molecule has 0 unspecified atom stereocenters. The Hall–Kier alpha value is -0.490. The normalized spacial score (nSPS) is 11.1. The molecule has 2 N–H and O–H groups in total. The van der Waals surface area contributed by atoms with Crippen LogP contribution in [0.15, 0.2) is 20.1 Å². The smallest absolute Gasteiger partial charge is 0.152 e. The van der Waals surface area contributed by atoms with Crippen molar-refractivity contribution >= 4 is 38.1 Å². The van der Waals surface area contributed by atoms with E-state index in [1.807, 2.05) is 0 Å². The molecule has 0 bridgehead atoms. The highest BCUT2D eigenvalue weighted by atomic mass is 79.9. The van der Waals surface area contributed by atoms with Crippen molar-refractivity contribution in [1.29, 1.82) is 0 Å². The van der Waals surface area contributed by atoms with Crippen molar-refractivity contribution in [3.63, 3.8) is 0 Å². The zero-order chi connectivity index (χ0) is 10.0. The second-order valence-electron chi connectivity index (χ2n) is 2.16. The Balaban J connectivity index is 3.43. The second-order valence-corrected chi connectivity index (χ2v) is 3.81. The van der Waals surface area contributed by atoms with Crippen molar-refractivity contribution in [2.24, 2.45) is 10.9 Å². The van der Waals surface area contributed by atoms with Crippen LogP contribution < -0.4 is 5.84 Å². The van der Waals surface area contributed by atoms with Crippen molar-refractivity contribution < 1.29 is 8.78 Å². The number of benzene rings is 1.